The van der Waals surface area contributed by atoms with E-state index in [0.29, 0.717) is 34.2 Å². The van der Waals surface area contributed by atoms with Crippen LogP contribution >= 0.6 is 0 Å². The molecule has 1 unspecified atom stereocenters. The first-order valence-corrected chi connectivity index (χ1v) is 12.5. The Balaban J connectivity index is 1.54. The van der Waals surface area contributed by atoms with E-state index in [1.807, 2.05) is 49.4 Å². The van der Waals surface area contributed by atoms with Crippen molar-refractivity contribution >= 4 is 34.8 Å². The van der Waals surface area contributed by atoms with Crippen LogP contribution in [0.1, 0.15) is 27.0 Å². The summed E-state index contributed by atoms with van der Waals surface area (Å²) in [5, 5.41) is 4.84. The Labute approximate surface area is 229 Å². The number of halogens is 2. The van der Waals surface area contributed by atoms with Gasteiger partial charge < -0.3 is 15.5 Å². The van der Waals surface area contributed by atoms with Gasteiger partial charge in [0.15, 0.2) is 5.78 Å². The van der Waals surface area contributed by atoms with E-state index in [1.54, 1.807) is 36.4 Å². The van der Waals surface area contributed by atoms with Crippen LogP contribution in [0, 0.1) is 18.6 Å². The third kappa shape index (κ3) is 5.63. The number of aryl methyl sites for hydroxylation is 1. The summed E-state index contributed by atoms with van der Waals surface area (Å²) in [5.41, 5.74) is 3.26. The summed E-state index contributed by atoms with van der Waals surface area (Å²) in [7, 11) is 0. The first-order valence-electron chi connectivity index (χ1n) is 12.5. The lowest BCUT2D eigenvalue weighted by atomic mass is 9.99. The van der Waals surface area contributed by atoms with E-state index in [1.165, 1.54) is 4.90 Å². The fourth-order valence-electron chi connectivity index (χ4n) is 4.54. The molecule has 3 amide bonds. The number of urea groups is 1. The summed E-state index contributed by atoms with van der Waals surface area (Å²) in [6, 6.07) is 24.9. The number of rotatable bonds is 6. The largest absolute Gasteiger partial charge is 0.321 e. The van der Waals surface area contributed by atoms with Crippen LogP contribution in [0.3, 0.4) is 0 Å². The molecule has 5 rings (SSSR count). The molecule has 4 aromatic carbocycles. The Bertz CT molecular complexity index is 1620. The molecular weight excluding hydrogens is 514 g/mol. The van der Waals surface area contributed by atoms with Gasteiger partial charge in [0.25, 0.3) is 5.91 Å². The van der Waals surface area contributed by atoms with E-state index in [4.69, 9.17) is 0 Å². The molecule has 0 saturated heterocycles. The zero-order chi connectivity index (χ0) is 28.2. The van der Waals surface area contributed by atoms with Crippen LogP contribution in [0.4, 0.5) is 25.0 Å². The molecule has 0 saturated carbocycles. The van der Waals surface area contributed by atoms with Crippen molar-refractivity contribution in [2.45, 2.75) is 13.1 Å². The first kappa shape index (κ1) is 26.4. The van der Waals surface area contributed by atoms with Gasteiger partial charge in [-0.1, -0.05) is 72.8 Å². The van der Waals surface area contributed by atoms with E-state index >= 15 is 0 Å². The maximum absolute atomic E-state index is 13.9. The average molecular weight is 539 g/mol. The number of para-hydroxylation sites is 1. The minimum Gasteiger partial charge on any atom is -0.308 e. The van der Waals surface area contributed by atoms with Crippen molar-refractivity contribution in [1.82, 2.24) is 5.32 Å². The highest BCUT2D eigenvalue weighted by atomic mass is 19.1. The Morgan fingerprint density at radius 3 is 2.25 bits per heavy atom. The van der Waals surface area contributed by atoms with Crippen molar-refractivity contribution in [2.24, 2.45) is 4.99 Å². The molecule has 0 aromatic heterocycles. The van der Waals surface area contributed by atoms with Crippen LogP contribution in [-0.4, -0.2) is 36.1 Å². The molecule has 1 aliphatic rings. The molecule has 1 heterocycles. The predicted molar refractivity (Wildman–Crippen MR) is 149 cm³/mol. The highest BCUT2D eigenvalue weighted by Crippen LogP contribution is 2.29. The fourth-order valence-corrected chi connectivity index (χ4v) is 4.54. The quantitative estimate of drug-likeness (QED) is 0.318. The number of carbonyl (C=O) groups is 3. The van der Waals surface area contributed by atoms with Crippen LogP contribution in [0.2, 0.25) is 0 Å². The number of Topliss-reactive ketones (excluding diaryl/α,β-unsaturated/α-hetero) is 1. The van der Waals surface area contributed by atoms with E-state index in [9.17, 15) is 23.2 Å². The van der Waals surface area contributed by atoms with Gasteiger partial charge in [0.05, 0.1) is 17.9 Å². The van der Waals surface area contributed by atoms with Crippen LogP contribution in [0.25, 0.3) is 0 Å². The molecular formula is C31H24F2N4O3. The Kier molecular flexibility index (Phi) is 7.46. The van der Waals surface area contributed by atoms with Crippen molar-refractivity contribution in [3.05, 3.63) is 131 Å². The van der Waals surface area contributed by atoms with Gasteiger partial charge in [0.1, 0.15) is 11.6 Å². The minimum atomic E-state index is -1.45. The highest BCUT2D eigenvalue weighted by molar-refractivity contribution is 6.21. The monoisotopic (exact) mass is 538 g/mol. The fraction of sp³-hybridized carbons (Fsp3) is 0.0968. The Morgan fingerprint density at radius 2 is 1.52 bits per heavy atom. The molecule has 1 aliphatic heterocycles. The number of hydrogen-bond donors (Lipinski definition) is 2. The van der Waals surface area contributed by atoms with Gasteiger partial charge in [-0.3, -0.25) is 9.59 Å². The van der Waals surface area contributed by atoms with Crippen LogP contribution in [-0.2, 0) is 4.79 Å². The second kappa shape index (κ2) is 11.3. The molecule has 200 valence electrons. The number of fused-ring (bicyclic) bond motifs is 1. The normalized spacial score (nSPS) is 14.6. The maximum Gasteiger partial charge on any atom is 0.321 e. The molecule has 1 atom stereocenters. The van der Waals surface area contributed by atoms with Crippen molar-refractivity contribution in [3.63, 3.8) is 0 Å². The van der Waals surface area contributed by atoms with Gasteiger partial charge in [0, 0.05) is 28.4 Å². The Hall–Kier alpha value is -5.18. The molecule has 2 N–H and O–H groups in total. The number of nitrogens with zero attached hydrogens (tertiary/aromatic N) is 2. The molecule has 4 aromatic rings. The van der Waals surface area contributed by atoms with Gasteiger partial charge in [-0.15, -0.1) is 0 Å². The summed E-state index contributed by atoms with van der Waals surface area (Å²) < 4.78 is 27.3. The summed E-state index contributed by atoms with van der Waals surface area (Å²) in [6.07, 6.45) is -1.45. The van der Waals surface area contributed by atoms with E-state index in [0.717, 1.165) is 17.7 Å². The number of benzene rings is 4. The standard InChI is InChI=1S/C31H24F2N4O3/c1-19-9-5-6-12-24(19)27(38)18-37-26-14-8-7-13-25(26)28(20-10-3-2-4-11-20)35-29(30(37)39)36-31(40)34-23-16-21(32)15-22(33)17-23/h2-17,29H,18H2,1H3,(H2,34,36,40). The summed E-state index contributed by atoms with van der Waals surface area (Å²) in [4.78, 5) is 46.1. The summed E-state index contributed by atoms with van der Waals surface area (Å²) in [5.74, 6) is -2.69. The summed E-state index contributed by atoms with van der Waals surface area (Å²) >= 11 is 0. The number of anilines is 2. The molecule has 9 heteroatoms. The van der Waals surface area contributed by atoms with Crippen molar-refractivity contribution < 1.29 is 23.2 Å². The lowest BCUT2D eigenvalue weighted by Crippen LogP contribution is -2.50. The zero-order valence-corrected chi connectivity index (χ0v) is 21.4. The van der Waals surface area contributed by atoms with Gasteiger partial charge in [-0.05, 0) is 30.7 Å². The second-order valence-corrected chi connectivity index (χ2v) is 9.18. The molecule has 0 fully saturated rings. The van der Waals surface area contributed by atoms with Gasteiger partial charge in [0.2, 0.25) is 6.17 Å². The molecule has 7 nitrogen and oxygen atoms in total. The van der Waals surface area contributed by atoms with Gasteiger partial charge >= 0.3 is 6.03 Å². The predicted octanol–water partition coefficient (Wildman–Crippen LogP) is 5.49. The molecule has 0 bridgehead atoms. The number of amides is 3. The van der Waals surface area contributed by atoms with Gasteiger partial charge in [-0.2, -0.15) is 0 Å². The molecule has 40 heavy (non-hydrogen) atoms. The van der Waals surface area contributed by atoms with E-state index < -0.39 is 29.7 Å². The number of carbonyl (C=O) groups excluding carboxylic acids is 3. The molecule has 0 aliphatic carbocycles. The number of ketones is 1. The van der Waals surface area contributed by atoms with Crippen LogP contribution in [0.15, 0.2) is 102 Å². The minimum absolute atomic E-state index is 0.141. The van der Waals surface area contributed by atoms with Crippen molar-refractivity contribution in [2.75, 3.05) is 16.8 Å². The highest BCUT2D eigenvalue weighted by Gasteiger charge is 2.34. The smallest absolute Gasteiger partial charge is 0.308 e. The molecule has 0 radical (unpaired) electrons. The first-order chi connectivity index (χ1) is 19.3. The third-order valence-corrected chi connectivity index (χ3v) is 6.39. The third-order valence-electron chi connectivity index (χ3n) is 6.39. The van der Waals surface area contributed by atoms with E-state index in [-0.39, 0.29) is 18.0 Å². The average Bonchev–Trinajstić information content (AvgIpc) is 3.04. The lowest BCUT2D eigenvalue weighted by Gasteiger charge is -2.25. The van der Waals surface area contributed by atoms with Crippen molar-refractivity contribution in [3.8, 4) is 0 Å². The molecule has 0 spiro atoms. The SMILES string of the molecule is Cc1ccccc1C(=O)CN1C(=O)C(NC(=O)Nc2cc(F)cc(F)c2)N=C(c2ccccc2)c2ccccc21. The number of hydrogen-bond acceptors (Lipinski definition) is 4. The number of nitrogens with one attached hydrogen (secondary N) is 2. The van der Waals surface area contributed by atoms with Crippen LogP contribution in [0.5, 0.6) is 0 Å². The Morgan fingerprint density at radius 1 is 0.875 bits per heavy atom. The van der Waals surface area contributed by atoms with E-state index in [2.05, 4.69) is 15.6 Å². The lowest BCUT2D eigenvalue weighted by molar-refractivity contribution is -0.120. The number of benzodiazepines with no additional fused rings is 1. The van der Waals surface area contributed by atoms with Crippen molar-refractivity contribution in [1.29, 1.82) is 0 Å². The van der Waals surface area contributed by atoms with Gasteiger partial charge in [-0.25, -0.2) is 18.6 Å². The zero-order valence-electron chi connectivity index (χ0n) is 21.4. The second-order valence-electron chi connectivity index (χ2n) is 9.18. The summed E-state index contributed by atoms with van der Waals surface area (Å²) in [6.45, 7) is 1.51. The van der Waals surface area contributed by atoms with Crippen LogP contribution < -0.4 is 15.5 Å². The topological polar surface area (TPSA) is 90.9 Å². The number of aliphatic imine (C=N–C) groups is 1. The maximum atomic E-state index is 13.9.